The molecule has 154 valence electrons. The molecule has 29 heavy (non-hydrogen) atoms. The number of nitrogens with one attached hydrogen (secondary N) is 2. The lowest BCUT2D eigenvalue weighted by atomic mass is 10.0. The van der Waals surface area contributed by atoms with Crippen LogP contribution in [0.15, 0.2) is 42.7 Å². The zero-order chi connectivity index (χ0) is 20.6. The number of benzene rings is 1. The fraction of sp³-hybridized carbons (Fsp3) is 0.409. The SMILES string of the molecule is CCOC(=O)N1CCC(Nc2cncc(C(=O)NCc3ccccc3C)c2)CC1. The molecule has 0 atom stereocenters. The molecule has 7 nitrogen and oxygen atoms in total. The molecule has 2 heterocycles. The molecule has 0 saturated carbocycles. The van der Waals surface area contributed by atoms with Crippen molar-refractivity contribution in [2.75, 3.05) is 25.0 Å². The number of piperidine rings is 1. The highest BCUT2D eigenvalue weighted by molar-refractivity contribution is 5.94. The van der Waals surface area contributed by atoms with E-state index >= 15 is 0 Å². The Hall–Kier alpha value is -3.09. The molecule has 2 aromatic rings. The standard InChI is InChI=1S/C22H28N4O3/c1-3-29-22(28)26-10-8-19(9-11-26)25-20-12-18(13-23-15-20)21(27)24-14-17-7-5-4-6-16(17)2/h4-7,12-13,15,19,25H,3,8-11,14H2,1-2H3,(H,24,27). The average molecular weight is 396 g/mol. The van der Waals surface area contributed by atoms with Gasteiger partial charge in [-0.3, -0.25) is 9.78 Å². The summed E-state index contributed by atoms with van der Waals surface area (Å²) in [5.74, 6) is -0.151. The van der Waals surface area contributed by atoms with Crippen LogP contribution in [0.5, 0.6) is 0 Å². The van der Waals surface area contributed by atoms with E-state index in [0.717, 1.165) is 29.7 Å². The van der Waals surface area contributed by atoms with Crippen LogP contribution in [0.1, 0.15) is 41.3 Å². The second kappa shape index (κ2) is 9.91. The summed E-state index contributed by atoms with van der Waals surface area (Å²) in [6.07, 6.45) is 4.68. The van der Waals surface area contributed by atoms with E-state index in [9.17, 15) is 9.59 Å². The van der Waals surface area contributed by atoms with Gasteiger partial charge in [0.2, 0.25) is 0 Å². The summed E-state index contributed by atoms with van der Waals surface area (Å²) in [7, 11) is 0. The van der Waals surface area contributed by atoms with Crippen LogP contribution in [-0.2, 0) is 11.3 Å². The van der Waals surface area contributed by atoms with Gasteiger partial charge in [0.05, 0.1) is 17.9 Å². The normalized spacial score (nSPS) is 14.3. The van der Waals surface area contributed by atoms with Crippen LogP contribution in [0.4, 0.5) is 10.5 Å². The minimum Gasteiger partial charge on any atom is -0.450 e. The first kappa shape index (κ1) is 20.6. The summed E-state index contributed by atoms with van der Waals surface area (Å²) in [5, 5.41) is 6.38. The highest BCUT2D eigenvalue weighted by Gasteiger charge is 2.23. The summed E-state index contributed by atoms with van der Waals surface area (Å²) >= 11 is 0. The largest absolute Gasteiger partial charge is 0.450 e. The van der Waals surface area contributed by atoms with E-state index in [1.165, 1.54) is 0 Å². The fourth-order valence-corrected chi connectivity index (χ4v) is 3.39. The molecule has 0 bridgehead atoms. The van der Waals surface area contributed by atoms with E-state index in [1.807, 2.05) is 44.2 Å². The molecule has 0 spiro atoms. The van der Waals surface area contributed by atoms with Crippen molar-refractivity contribution in [1.82, 2.24) is 15.2 Å². The number of anilines is 1. The number of amides is 2. The number of pyridine rings is 1. The molecule has 1 aromatic heterocycles. The van der Waals surface area contributed by atoms with Crippen LogP contribution in [-0.4, -0.2) is 47.6 Å². The van der Waals surface area contributed by atoms with Crippen molar-refractivity contribution in [3.05, 3.63) is 59.4 Å². The van der Waals surface area contributed by atoms with Crippen LogP contribution >= 0.6 is 0 Å². The Kier molecular flexibility index (Phi) is 7.05. The summed E-state index contributed by atoms with van der Waals surface area (Å²) in [4.78, 5) is 30.2. The van der Waals surface area contributed by atoms with Crippen LogP contribution in [0.3, 0.4) is 0 Å². The zero-order valence-electron chi connectivity index (χ0n) is 17.0. The first-order chi connectivity index (χ1) is 14.1. The van der Waals surface area contributed by atoms with Gasteiger partial charge >= 0.3 is 6.09 Å². The number of rotatable bonds is 6. The third kappa shape index (κ3) is 5.70. The Labute approximate surface area is 171 Å². The zero-order valence-corrected chi connectivity index (χ0v) is 17.0. The van der Waals surface area contributed by atoms with Crippen LogP contribution in [0.25, 0.3) is 0 Å². The van der Waals surface area contributed by atoms with E-state index in [4.69, 9.17) is 4.74 Å². The number of hydrogen-bond donors (Lipinski definition) is 2. The first-order valence-electron chi connectivity index (χ1n) is 10.0. The molecular formula is C22H28N4O3. The lowest BCUT2D eigenvalue weighted by Gasteiger charge is -2.32. The van der Waals surface area contributed by atoms with Crippen molar-refractivity contribution < 1.29 is 14.3 Å². The third-order valence-electron chi connectivity index (χ3n) is 5.09. The average Bonchev–Trinajstić information content (AvgIpc) is 2.74. The summed E-state index contributed by atoms with van der Waals surface area (Å²) in [6, 6.07) is 10.0. The summed E-state index contributed by atoms with van der Waals surface area (Å²) in [6.45, 7) is 6.02. The molecule has 7 heteroatoms. The van der Waals surface area contributed by atoms with Gasteiger partial charge in [0.1, 0.15) is 0 Å². The van der Waals surface area contributed by atoms with Crippen LogP contribution in [0.2, 0.25) is 0 Å². The van der Waals surface area contributed by atoms with Gasteiger partial charge in [-0.25, -0.2) is 4.79 Å². The number of aryl methyl sites for hydroxylation is 1. The van der Waals surface area contributed by atoms with E-state index in [0.29, 0.717) is 31.8 Å². The number of ether oxygens (including phenoxy) is 1. The van der Waals surface area contributed by atoms with Gasteiger partial charge in [-0.05, 0) is 43.9 Å². The lowest BCUT2D eigenvalue weighted by Crippen LogP contribution is -2.42. The predicted molar refractivity (Wildman–Crippen MR) is 112 cm³/mol. The van der Waals surface area contributed by atoms with Crippen LogP contribution in [0, 0.1) is 6.92 Å². The first-order valence-corrected chi connectivity index (χ1v) is 10.0. The van der Waals surface area contributed by atoms with Crippen molar-refractivity contribution in [3.63, 3.8) is 0 Å². The smallest absolute Gasteiger partial charge is 0.409 e. The van der Waals surface area contributed by atoms with Gasteiger partial charge in [-0.15, -0.1) is 0 Å². The minimum atomic E-state index is -0.250. The highest BCUT2D eigenvalue weighted by atomic mass is 16.6. The van der Waals surface area contributed by atoms with Crippen LogP contribution < -0.4 is 10.6 Å². The van der Waals surface area contributed by atoms with Gasteiger partial charge in [-0.1, -0.05) is 24.3 Å². The minimum absolute atomic E-state index is 0.151. The van der Waals surface area contributed by atoms with Gasteiger partial charge < -0.3 is 20.3 Å². The highest BCUT2D eigenvalue weighted by Crippen LogP contribution is 2.18. The number of likely N-dealkylation sites (tertiary alicyclic amines) is 1. The monoisotopic (exact) mass is 396 g/mol. The van der Waals surface area contributed by atoms with E-state index < -0.39 is 0 Å². The molecule has 0 radical (unpaired) electrons. The van der Waals surface area contributed by atoms with Gasteiger partial charge in [0.25, 0.3) is 5.91 Å². The summed E-state index contributed by atoms with van der Waals surface area (Å²) in [5.41, 5.74) is 3.57. The van der Waals surface area contributed by atoms with Crippen molar-refractivity contribution in [2.45, 2.75) is 39.3 Å². The maximum Gasteiger partial charge on any atom is 0.409 e. The molecule has 1 aliphatic heterocycles. The van der Waals surface area contributed by atoms with Crippen molar-refractivity contribution in [2.24, 2.45) is 0 Å². The molecule has 2 amide bonds. The van der Waals surface area contributed by atoms with Crippen molar-refractivity contribution >= 4 is 17.7 Å². The Bertz CT molecular complexity index is 847. The molecule has 1 aliphatic rings. The van der Waals surface area contributed by atoms with E-state index in [-0.39, 0.29) is 18.0 Å². The number of hydrogen-bond acceptors (Lipinski definition) is 5. The molecule has 0 unspecified atom stereocenters. The number of aromatic nitrogens is 1. The second-order valence-electron chi connectivity index (χ2n) is 7.18. The lowest BCUT2D eigenvalue weighted by molar-refractivity contribution is 0.0948. The third-order valence-corrected chi connectivity index (χ3v) is 5.09. The molecular weight excluding hydrogens is 368 g/mol. The second-order valence-corrected chi connectivity index (χ2v) is 7.18. The quantitative estimate of drug-likeness (QED) is 0.782. The molecule has 0 aliphatic carbocycles. The predicted octanol–water partition coefficient (Wildman–Crippen LogP) is 3.35. The van der Waals surface area contributed by atoms with Gasteiger partial charge in [0, 0.05) is 38.1 Å². The summed E-state index contributed by atoms with van der Waals surface area (Å²) < 4.78 is 5.05. The Morgan fingerprint density at radius 1 is 1.21 bits per heavy atom. The Morgan fingerprint density at radius 3 is 2.69 bits per heavy atom. The molecule has 1 fully saturated rings. The topological polar surface area (TPSA) is 83.6 Å². The van der Waals surface area contributed by atoms with Crippen molar-refractivity contribution in [1.29, 1.82) is 0 Å². The maximum atomic E-state index is 12.5. The number of nitrogens with zero attached hydrogens (tertiary/aromatic N) is 2. The van der Waals surface area contributed by atoms with E-state index in [2.05, 4.69) is 15.6 Å². The Morgan fingerprint density at radius 2 is 1.97 bits per heavy atom. The molecule has 1 aromatic carbocycles. The van der Waals surface area contributed by atoms with E-state index in [1.54, 1.807) is 17.3 Å². The number of carbonyl (C=O) groups is 2. The van der Waals surface area contributed by atoms with Gasteiger partial charge in [-0.2, -0.15) is 0 Å². The Balaban J connectivity index is 1.52. The molecule has 3 rings (SSSR count). The van der Waals surface area contributed by atoms with Gasteiger partial charge in [0.15, 0.2) is 0 Å². The number of carbonyl (C=O) groups excluding carboxylic acids is 2. The van der Waals surface area contributed by atoms with Crippen molar-refractivity contribution in [3.8, 4) is 0 Å². The fourth-order valence-electron chi connectivity index (χ4n) is 3.39. The maximum absolute atomic E-state index is 12.5. The molecule has 2 N–H and O–H groups in total. The molecule has 1 saturated heterocycles.